The van der Waals surface area contributed by atoms with Crippen LogP contribution < -0.4 is 5.32 Å². The van der Waals surface area contributed by atoms with E-state index in [0.717, 1.165) is 0 Å². The Bertz CT molecular complexity index is 393. The Morgan fingerprint density at radius 1 is 1.00 bits per heavy atom. The van der Waals surface area contributed by atoms with E-state index >= 15 is 0 Å². The fourth-order valence-electron chi connectivity index (χ4n) is 3.20. The summed E-state index contributed by atoms with van der Waals surface area (Å²) in [4.78, 5) is 0. The Kier molecular flexibility index (Phi) is 5.65. The SMILES string of the molecule is CNC(/C1=C/CCCCCC1)C(C)c1ccccc1. The largest absolute Gasteiger partial charge is 0.313 e. The van der Waals surface area contributed by atoms with E-state index in [4.69, 9.17) is 0 Å². The van der Waals surface area contributed by atoms with Crippen molar-refractivity contribution in [3.63, 3.8) is 0 Å². The lowest BCUT2D eigenvalue weighted by Crippen LogP contribution is -2.33. The molecule has 0 fully saturated rings. The third-order valence-corrected chi connectivity index (χ3v) is 4.36. The van der Waals surface area contributed by atoms with Gasteiger partial charge in [-0.05, 0) is 38.3 Å². The molecule has 0 bridgehead atoms. The second kappa shape index (κ2) is 7.49. The van der Waals surface area contributed by atoms with Gasteiger partial charge in [0.25, 0.3) is 0 Å². The molecule has 0 aromatic heterocycles. The lowest BCUT2D eigenvalue weighted by Gasteiger charge is -2.28. The van der Waals surface area contributed by atoms with Crippen molar-refractivity contribution in [3.8, 4) is 0 Å². The molecule has 0 amide bonds. The summed E-state index contributed by atoms with van der Waals surface area (Å²) in [5, 5.41) is 3.55. The van der Waals surface area contributed by atoms with Gasteiger partial charge >= 0.3 is 0 Å². The second-order valence-corrected chi connectivity index (χ2v) is 5.70. The molecule has 0 aliphatic heterocycles. The lowest BCUT2D eigenvalue weighted by atomic mass is 9.84. The predicted molar refractivity (Wildman–Crippen MR) is 83.5 cm³/mol. The monoisotopic (exact) mass is 257 g/mol. The van der Waals surface area contributed by atoms with Crippen molar-refractivity contribution in [2.45, 2.75) is 57.4 Å². The minimum Gasteiger partial charge on any atom is -0.313 e. The van der Waals surface area contributed by atoms with Crippen molar-refractivity contribution in [1.29, 1.82) is 0 Å². The number of allylic oxidation sites excluding steroid dienone is 1. The molecular weight excluding hydrogens is 230 g/mol. The Morgan fingerprint density at radius 3 is 2.47 bits per heavy atom. The van der Waals surface area contributed by atoms with Gasteiger partial charge < -0.3 is 5.32 Å². The molecule has 104 valence electrons. The van der Waals surface area contributed by atoms with Crippen molar-refractivity contribution in [2.24, 2.45) is 0 Å². The first kappa shape index (κ1) is 14.3. The molecule has 1 aromatic rings. The first-order valence-corrected chi connectivity index (χ1v) is 7.74. The fraction of sp³-hybridized carbons (Fsp3) is 0.556. The van der Waals surface area contributed by atoms with Crippen molar-refractivity contribution in [1.82, 2.24) is 5.32 Å². The molecule has 0 heterocycles. The highest BCUT2D eigenvalue weighted by Gasteiger charge is 2.21. The first-order chi connectivity index (χ1) is 9.33. The summed E-state index contributed by atoms with van der Waals surface area (Å²) in [5.41, 5.74) is 3.06. The normalized spacial score (nSPS) is 22.7. The molecule has 0 saturated carbocycles. The standard InChI is InChI=1S/C18H27N/c1-15(16-11-9-6-10-12-16)18(19-2)17-13-7-4-3-5-8-14-17/h6,9-13,15,18-19H,3-5,7-8,14H2,1-2H3/b17-13+. The predicted octanol–water partition coefficient (Wildman–Crippen LogP) is 4.66. The number of likely N-dealkylation sites (N-methyl/N-ethyl adjacent to an activating group) is 1. The molecule has 0 radical (unpaired) electrons. The summed E-state index contributed by atoms with van der Waals surface area (Å²) >= 11 is 0. The Labute approximate surface area is 118 Å². The molecule has 1 nitrogen and oxygen atoms in total. The Morgan fingerprint density at radius 2 is 1.74 bits per heavy atom. The van der Waals surface area contributed by atoms with E-state index in [0.29, 0.717) is 12.0 Å². The maximum Gasteiger partial charge on any atom is 0.0343 e. The number of benzene rings is 1. The summed E-state index contributed by atoms with van der Waals surface area (Å²) < 4.78 is 0. The van der Waals surface area contributed by atoms with Gasteiger partial charge in [0.15, 0.2) is 0 Å². The van der Waals surface area contributed by atoms with Crippen LogP contribution in [0, 0.1) is 0 Å². The van der Waals surface area contributed by atoms with E-state index in [-0.39, 0.29) is 0 Å². The quantitative estimate of drug-likeness (QED) is 0.774. The topological polar surface area (TPSA) is 12.0 Å². The van der Waals surface area contributed by atoms with Crippen LogP contribution in [-0.4, -0.2) is 13.1 Å². The van der Waals surface area contributed by atoms with Gasteiger partial charge in [0.1, 0.15) is 0 Å². The highest BCUT2D eigenvalue weighted by Crippen LogP contribution is 2.28. The van der Waals surface area contributed by atoms with E-state index in [2.05, 4.69) is 55.7 Å². The van der Waals surface area contributed by atoms with Gasteiger partial charge in [-0.25, -0.2) is 0 Å². The van der Waals surface area contributed by atoms with Crippen molar-refractivity contribution >= 4 is 0 Å². The van der Waals surface area contributed by atoms with Gasteiger partial charge in [-0.1, -0.05) is 61.7 Å². The number of rotatable bonds is 4. The summed E-state index contributed by atoms with van der Waals surface area (Å²) in [6.07, 6.45) is 10.5. The van der Waals surface area contributed by atoms with Gasteiger partial charge in [0, 0.05) is 12.0 Å². The molecule has 2 unspecified atom stereocenters. The van der Waals surface area contributed by atoms with Crippen molar-refractivity contribution in [3.05, 3.63) is 47.5 Å². The number of hydrogen-bond donors (Lipinski definition) is 1. The van der Waals surface area contributed by atoms with Gasteiger partial charge in [0.2, 0.25) is 0 Å². The Hall–Kier alpha value is -1.08. The van der Waals surface area contributed by atoms with Crippen LogP contribution in [0.25, 0.3) is 0 Å². The molecule has 1 aliphatic carbocycles. The lowest BCUT2D eigenvalue weighted by molar-refractivity contribution is 0.507. The highest BCUT2D eigenvalue weighted by atomic mass is 14.9. The highest BCUT2D eigenvalue weighted by molar-refractivity contribution is 5.26. The van der Waals surface area contributed by atoms with E-state index in [1.54, 1.807) is 5.57 Å². The van der Waals surface area contributed by atoms with Crippen LogP contribution in [0.15, 0.2) is 42.0 Å². The summed E-state index contributed by atoms with van der Waals surface area (Å²) in [5.74, 6) is 0.539. The fourth-order valence-corrected chi connectivity index (χ4v) is 3.20. The average Bonchev–Trinajstić information content (AvgIpc) is 2.42. The molecular formula is C18H27N. The van der Waals surface area contributed by atoms with E-state index in [1.165, 1.54) is 44.1 Å². The smallest absolute Gasteiger partial charge is 0.0343 e. The van der Waals surface area contributed by atoms with Gasteiger partial charge in [-0.15, -0.1) is 0 Å². The summed E-state index contributed by atoms with van der Waals surface area (Å²) in [6, 6.07) is 11.4. The van der Waals surface area contributed by atoms with Gasteiger partial charge in [0.05, 0.1) is 0 Å². The van der Waals surface area contributed by atoms with Crippen LogP contribution in [-0.2, 0) is 0 Å². The van der Waals surface area contributed by atoms with E-state index in [1.807, 2.05) is 0 Å². The van der Waals surface area contributed by atoms with Crippen LogP contribution in [0.4, 0.5) is 0 Å². The molecule has 0 saturated heterocycles. The molecule has 2 atom stereocenters. The van der Waals surface area contributed by atoms with Crippen molar-refractivity contribution < 1.29 is 0 Å². The molecule has 1 aromatic carbocycles. The van der Waals surface area contributed by atoms with Crippen LogP contribution in [0.1, 0.15) is 56.9 Å². The van der Waals surface area contributed by atoms with Crippen LogP contribution in [0.3, 0.4) is 0 Å². The maximum atomic E-state index is 3.55. The maximum absolute atomic E-state index is 3.55. The minimum absolute atomic E-state index is 0.487. The van der Waals surface area contributed by atoms with Gasteiger partial charge in [-0.2, -0.15) is 0 Å². The van der Waals surface area contributed by atoms with Gasteiger partial charge in [-0.3, -0.25) is 0 Å². The molecule has 19 heavy (non-hydrogen) atoms. The number of nitrogens with one attached hydrogen (secondary N) is 1. The molecule has 1 heteroatoms. The summed E-state index contributed by atoms with van der Waals surface area (Å²) in [7, 11) is 2.10. The summed E-state index contributed by atoms with van der Waals surface area (Å²) in [6.45, 7) is 2.34. The molecule has 1 N–H and O–H groups in total. The second-order valence-electron chi connectivity index (χ2n) is 5.70. The zero-order chi connectivity index (χ0) is 13.5. The minimum atomic E-state index is 0.487. The molecule has 2 rings (SSSR count). The van der Waals surface area contributed by atoms with E-state index in [9.17, 15) is 0 Å². The zero-order valence-corrected chi connectivity index (χ0v) is 12.4. The average molecular weight is 257 g/mol. The van der Waals surface area contributed by atoms with Crippen LogP contribution >= 0.6 is 0 Å². The van der Waals surface area contributed by atoms with Crippen LogP contribution in [0.5, 0.6) is 0 Å². The van der Waals surface area contributed by atoms with Crippen molar-refractivity contribution in [2.75, 3.05) is 7.05 Å². The van der Waals surface area contributed by atoms with Crippen LogP contribution in [0.2, 0.25) is 0 Å². The molecule has 1 aliphatic rings. The number of hydrogen-bond acceptors (Lipinski definition) is 1. The molecule has 0 spiro atoms. The third-order valence-electron chi connectivity index (χ3n) is 4.36. The Balaban J connectivity index is 2.14. The van der Waals surface area contributed by atoms with E-state index < -0.39 is 0 Å². The zero-order valence-electron chi connectivity index (χ0n) is 12.4. The first-order valence-electron chi connectivity index (χ1n) is 7.74. The third kappa shape index (κ3) is 3.94.